The number of rotatable bonds is 5. The Bertz CT molecular complexity index is 324. The molecule has 15 heavy (non-hydrogen) atoms. The Labute approximate surface area is 87.8 Å². The summed E-state index contributed by atoms with van der Waals surface area (Å²) in [7, 11) is -2.63. The maximum absolute atomic E-state index is 10.6. The molecular weight excluding hydrogens is 219 g/mol. The van der Waals surface area contributed by atoms with Crippen molar-refractivity contribution in [1.82, 2.24) is 0 Å². The molecule has 0 amide bonds. The van der Waals surface area contributed by atoms with Gasteiger partial charge in [-0.15, -0.1) is 0 Å². The quantitative estimate of drug-likeness (QED) is 0.652. The molecule has 0 bridgehead atoms. The maximum Gasteiger partial charge on any atom is 0.542 e. The van der Waals surface area contributed by atoms with E-state index in [1.54, 1.807) is 12.1 Å². The number of hydrogen-bond donors (Lipinski definition) is 3. The first-order chi connectivity index (χ1) is 7.15. The van der Waals surface area contributed by atoms with Crippen LogP contribution in [0.3, 0.4) is 0 Å². The van der Waals surface area contributed by atoms with Crippen LogP contribution in [0.25, 0.3) is 0 Å². The fourth-order valence-electron chi connectivity index (χ4n) is 1.03. The van der Waals surface area contributed by atoms with E-state index in [4.69, 9.17) is 14.7 Å². The zero-order valence-electron chi connectivity index (χ0n) is 7.91. The van der Waals surface area contributed by atoms with Crippen LogP contribution in [0.1, 0.15) is 11.4 Å². The van der Waals surface area contributed by atoms with Crippen molar-refractivity contribution in [2.75, 3.05) is 13.2 Å². The van der Waals surface area contributed by atoms with Crippen molar-refractivity contribution in [2.45, 2.75) is 5.85 Å². The van der Waals surface area contributed by atoms with E-state index >= 15 is 0 Å². The number of ether oxygens (including phenoxy) is 1. The zero-order valence-corrected chi connectivity index (χ0v) is 8.80. The van der Waals surface area contributed by atoms with Crippen LogP contribution in [0.15, 0.2) is 24.3 Å². The summed E-state index contributed by atoms with van der Waals surface area (Å²) in [5.41, 5.74) is 0.356. The second-order valence-electron chi connectivity index (χ2n) is 2.82. The lowest BCUT2D eigenvalue weighted by atomic mass is 10.2. The van der Waals surface area contributed by atoms with Gasteiger partial charge < -0.3 is 14.9 Å². The molecule has 2 atom stereocenters. The summed E-state index contributed by atoms with van der Waals surface area (Å²) in [6.45, 7) is 0.114. The summed E-state index contributed by atoms with van der Waals surface area (Å²) in [5, 5.41) is 17.8. The summed E-state index contributed by atoms with van der Waals surface area (Å²) in [6, 6.07) is 6.13. The van der Waals surface area contributed by atoms with Crippen molar-refractivity contribution < 1.29 is 24.4 Å². The molecule has 0 saturated carbocycles. The number of aliphatic hydroxyl groups is 2. The largest absolute Gasteiger partial charge is 0.542 e. The average molecular weight is 231 g/mol. The van der Waals surface area contributed by atoms with E-state index in [-0.39, 0.29) is 13.2 Å². The highest BCUT2D eigenvalue weighted by atomic mass is 31.1. The molecular formula is C9H12O5P+. The Morgan fingerprint density at radius 2 is 1.93 bits per heavy atom. The lowest BCUT2D eigenvalue weighted by Gasteiger charge is -2.04. The van der Waals surface area contributed by atoms with Crippen molar-refractivity contribution in [2.24, 2.45) is 0 Å². The van der Waals surface area contributed by atoms with Crippen molar-refractivity contribution >= 4 is 8.03 Å². The summed E-state index contributed by atoms with van der Waals surface area (Å²) in [5.74, 6) is -0.833. The van der Waals surface area contributed by atoms with Gasteiger partial charge in [-0.3, -0.25) is 0 Å². The number of hydrogen-bond acceptors (Lipinski definition) is 4. The van der Waals surface area contributed by atoms with Crippen LogP contribution in [0.4, 0.5) is 0 Å². The molecule has 2 unspecified atom stereocenters. The minimum absolute atomic E-state index is 0.0765. The molecule has 5 nitrogen and oxygen atoms in total. The molecule has 0 saturated heterocycles. The molecule has 1 aromatic carbocycles. The molecule has 1 aromatic rings. The highest BCUT2D eigenvalue weighted by molar-refractivity contribution is 7.38. The molecule has 0 radical (unpaired) electrons. The van der Waals surface area contributed by atoms with Crippen LogP contribution in [0.2, 0.25) is 0 Å². The van der Waals surface area contributed by atoms with E-state index in [0.717, 1.165) is 0 Å². The van der Waals surface area contributed by atoms with Crippen molar-refractivity contribution in [1.29, 1.82) is 0 Å². The first-order valence-corrected chi connectivity index (χ1v) is 5.60. The van der Waals surface area contributed by atoms with E-state index in [0.29, 0.717) is 11.3 Å². The van der Waals surface area contributed by atoms with Crippen LogP contribution in [-0.4, -0.2) is 28.3 Å². The SMILES string of the molecule is O=[P+](O)C(O)c1ccc(OCCO)cc1. The molecule has 0 aromatic heterocycles. The van der Waals surface area contributed by atoms with E-state index in [1.807, 2.05) is 0 Å². The molecule has 0 fully saturated rings. The maximum atomic E-state index is 10.6. The second-order valence-corrected chi connectivity index (χ2v) is 3.91. The van der Waals surface area contributed by atoms with Gasteiger partial charge in [0, 0.05) is 5.56 Å². The fourth-order valence-corrected chi connectivity index (χ4v) is 1.45. The lowest BCUT2D eigenvalue weighted by Crippen LogP contribution is -2.01. The molecule has 6 heteroatoms. The third kappa shape index (κ3) is 3.57. The smallest absolute Gasteiger partial charge is 0.491 e. The number of aliphatic hydroxyl groups excluding tert-OH is 2. The van der Waals surface area contributed by atoms with E-state index in [2.05, 4.69) is 0 Å². The highest BCUT2D eigenvalue weighted by Crippen LogP contribution is 2.35. The van der Waals surface area contributed by atoms with Gasteiger partial charge in [0.15, 0.2) is 0 Å². The Morgan fingerprint density at radius 1 is 1.33 bits per heavy atom. The van der Waals surface area contributed by atoms with Crippen LogP contribution >= 0.6 is 8.03 Å². The van der Waals surface area contributed by atoms with Gasteiger partial charge in [0.05, 0.1) is 6.61 Å². The molecule has 82 valence electrons. The minimum atomic E-state index is -2.63. The first-order valence-electron chi connectivity index (χ1n) is 4.32. The van der Waals surface area contributed by atoms with Crippen molar-refractivity contribution in [3.05, 3.63) is 29.8 Å². The Kier molecular flexibility index (Phi) is 4.65. The lowest BCUT2D eigenvalue weighted by molar-refractivity contribution is 0.201. The topological polar surface area (TPSA) is 87.0 Å². The van der Waals surface area contributed by atoms with E-state index < -0.39 is 13.9 Å². The second kappa shape index (κ2) is 5.78. The third-order valence-corrected chi connectivity index (χ3v) is 2.46. The molecule has 1 rings (SSSR count). The van der Waals surface area contributed by atoms with Gasteiger partial charge in [-0.1, -0.05) is 0 Å². The summed E-state index contributed by atoms with van der Waals surface area (Å²) in [4.78, 5) is 8.68. The van der Waals surface area contributed by atoms with Crippen LogP contribution < -0.4 is 4.74 Å². The Morgan fingerprint density at radius 3 is 2.40 bits per heavy atom. The average Bonchev–Trinajstić information content (AvgIpc) is 2.26. The highest BCUT2D eigenvalue weighted by Gasteiger charge is 2.27. The molecule has 0 spiro atoms. The van der Waals surface area contributed by atoms with Crippen LogP contribution in [0.5, 0.6) is 5.75 Å². The normalized spacial score (nSPS) is 13.4. The van der Waals surface area contributed by atoms with Crippen LogP contribution in [0, 0.1) is 0 Å². The van der Waals surface area contributed by atoms with E-state index in [1.165, 1.54) is 12.1 Å². The van der Waals surface area contributed by atoms with Gasteiger partial charge >= 0.3 is 13.9 Å². The van der Waals surface area contributed by atoms with Gasteiger partial charge in [0.1, 0.15) is 12.4 Å². The zero-order chi connectivity index (χ0) is 11.3. The Balaban J connectivity index is 2.67. The predicted octanol–water partition coefficient (Wildman–Crippen LogP) is 0.783. The molecule has 0 aliphatic rings. The van der Waals surface area contributed by atoms with Crippen molar-refractivity contribution in [3.63, 3.8) is 0 Å². The summed E-state index contributed by atoms with van der Waals surface area (Å²) in [6.07, 6.45) is 0. The molecule has 0 heterocycles. The first kappa shape index (κ1) is 12.1. The van der Waals surface area contributed by atoms with Gasteiger partial charge in [0.25, 0.3) is 0 Å². The molecule has 3 N–H and O–H groups in total. The van der Waals surface area contributed by atoms with Gasteiger partial charge in [-0.2, -0.15) is 4.89 Å². The van der Waals surface area contributed by atoms with Crippen molar-refractivity contribution in [3.8, 4) is 5.75 Å². The molecule has 0 aliphatic heterocycles. The predicted molar refractivity (Wildman–Crippen MR) is 53.8 cm³/mol. The standard InChI is InChI=1S/C9H11O5P/c10-5-6-14-8-3-1-7(2-4-8)9(11)15(12)13/h1-4,9-11H,5-6H2/p+1. The number of benzene rings is 1. The monoisotopic (exact) mass is 231 g/mol. The van der Waals surface area contributed by atoms with E-state index in [9.17, 15) is 9.67 Å². The summed E-state index contributed by atoms with van der Waals surface area (Å²) < 4.78 is 15.7. The van der Waals surface area contributed by atoms with Gasteiger partial charge in [0.2, 0.25) is 0 Å². The molecule has 0 aliphatic carbocycles. The Hall–Kier alpha value is -1.00. The summed E-state index contributed by atoms with van der Waals surface area (Å²) >= 11 is 0. The van der Waals surface area contributed by atoms with Gasteiger partial charge in [-0.25, -0.2) is 0 Å². The third-order valence-electron chi connectivity index (χ3n) is 1.75. The fraction of sp³-hybridized carbons (Fsp3) is 0.333. The minimum Gasteiger partial charge on any atom is -0.491 e. The van der Waals surface area contributed by atoms with Crippen LogP contribution in [-0.2, 0) is 4.57 Å². The van der Waals surface area contributed by atoms with Gasteiger partial charge in [-0.05, 0) is 28.8 Å².